The second kappa shape index (κ2) is 9.38. The molecule has 30 heavy (non-hydrogen) atoms. The van der Waals surface area contributed by atoms with Gasteiger partial charge in [0, 0.05) is 41.6 Å². The average Bonchev–Trinajstić information content (AvgIpc) is 2.72. The lowest BCUT2D eigenvalue weighted by Crippen LogP contribution is -2.65. The van der Waals surface area contributed by atoms with E-state index in [2.05, 4.69) is 39.1 Å². The number of nitrogens with one attached hydrogen (secondary N) is 1. The molecule has 2 aromatic rings. The molecular formula is C21H24BrN3O4S. The van der Waals surface area contributed by atoms with Gasteiger partial charge >= 0.3 is 0 Å². The first-order valence-corrected chi connectivity index (χ1v) is 11.9. The Bertz CT molecular complexity index is 1030. The van der Waals surface area contributed by atoms with Gasteiger partial charge in [-0.15, -0.1) is 6.58 Å². The summed E-state index contributed by atoms with van der Waals surface area (Å²) >= 11 is 3.45. The minimum absolute atomic E-state index is 0.0772. The van der Waals surface area contributed by atoms with Gasteiger partial charge in [-0.25, -0.2) is 13.1 Å². The third-order valence-electron chi connectivity index (χ3n) is 5.53. The molecule has 2 aromatic carbocycles. The molecule has 1 unspecified atom stereocenters. The molecule has 1 saturated heterocycles. The van der Waals surface area contributed by atoms with Crippen LogP contribution < -0.4 is 4.72 Å². The molecule has 1 fully saturated rings. The van der Waals surface area contributed by atoms with Crippen molar-refractivity contribution in [2.45, 2.75) is 36.2 Å². The monoisotopic (exact) mass is 493 g/mol. The maximum atomic E-state index is 12.8. The van der Waals surface area contributed by atoms with E-state index < -0.39 is 20.6 Å². The summed E-state index contributed by atoms with van der Waals surface area (Å²) in [6.07, 6.45) is 2.73. The summed E-state index contributed by atoms with van der Waals surface area (Å²) in [5.41, 5.74) is 0.706. The highest BCUT2D eigenvalue weighted by molar-refractivity contribution is 9.10. The minimum atomic E-state index is -4.03. The van der Waals surface area contributed by atoms with Crippen molar-refractivity contribution in [2.24, 2.45) is 0 Å². The molecular weight excluding hydrogens is 470 g/mol. The van der Waals surface area contributed by atoms with Gasteiger partial charge in [-0.05, 0) is 30.2 Å². The van der Waals surface area contributed by atoms with E-state index in [9.17, 15) is 18.5 Å². The van der Waals surface area contributed by atoms with Gasteiger partial charge in [-0.2, -0.15) is 0 Å². The number of halogens is 1. The second-order valence-electron chi connectivity index (χ2n) is 7.18. The molecule has 1 N–H and O–H groups in total. The van der Waals surface area contributed by atoms with Gasteiger partial charge in [0.2, 0.25) is 10.0 Å². The molecule has 3 atom stereocenters. The number of nitro groups is 1. The summed E-state index contributed by atoms with van der Waals surface area (Å²) in [6, 6.07) is 13.6. The van der Waals surface area contributed by atoms with Crippen molar-refractivity contribution in [1.29, 1.82) is 0 Å². The Morgan fingerprint density at radius 1 is 1.20 bits per heavy atom. The Labute approximate surface area is 185 Å². The fraction of sp³-hybridized carbons (Fsp3) is 0.333. The number of hydrogen-bond acceptors (Lipinski definition) is 5. The normalized spacial score (nSPS) is 21.7. The van der Waals surface area contributed by atoms with E-state index in [-0.39, 0.29) is 29.4 Å². The molecule has 0 spiro atoms. The van der Waals surface area contributed by atoms with Crippen molar-refractivity contribution >= 4 is 31.6 Å². The van der Waals surface area contributed by atoms with Gasteiger partial charge < -0.3 is 0 Å². The number of para-hydroxylation sites is 1. The third kappa shape index (κ3) is 4.49. The first kappa shape index (κ1) is 22.6. The van der Waals surface area contributed by atoms with Crippen molar-refractivity contribution in [1.82, 2.24) is 9.62 Å². The number of nitro benzene ring substituents is 1. The van der Waals surface area contributed by atoms with E-state index in [1.165, 1.54) is 24.3 Å². The molecule has 0 bridgehead atoms. The van der Waals surface area contributed by atoms with Crippen molar-refractivity contribution in [3.63, 3.8) is 0 Å². The quantitative estimate of drug-likeness (QED) is 0.322. The molecule has 1 aliphatic rings. The Kier molecular flexibility index (Phi) is 7.07. The zero-order valence-corrected chi connectivity index (χ0v) is 19.0. The summed E-state index contributed by atoms with van der Waals surface area (Å²) in [5.74, 6) is 0.150. The highest BCUT2D eigenvalue weighted by Gasteiger charge is 2.47. The average molecular weight is 494 g/mol. The van der Waals surface area contributed by atoms with Crippen LogP contribution in [0.1, 0.15) is 24.8 Å². The molecule has 0 saturated carbocycles. The van der Waals surface area contributed by atoms with Crippen LogP contribution in [0, 0.1) is 10.1 Å². The highest BCUT2D eigenvalue weighted by Crippen LogP contribution is 2.42. The van der Waals surface area contributed by atoms with Crippen molar-refractivity contribution in [3.05, 3.63) is 81.3 Å². The molecule has 0 aliphatic carbocycles. The maximum absolute atomic E-state index is 12.8. The number of nitrogens with zero attached hydrogens (tertiary/aromatic N) is 2. The van der Waals surface area contributed by atoms with Crippen molar-refractivity contribution < 1.29 is 13.3 Å². The Morgan fingerprint density at radius 2 is 1.87 bits per heavy atom. The van der Waals surface area contributed by atoms with Crippen LogP contribution in [0.5, 0.6) is 0 Å². The molecule has 1 heterocycles. The number of rotatable bonds is 9. The van der Waals surface area contributed by atoms with Crippen LogP contribution in [-0.4, -0.2) is 43.4 Å². The number of sulfonamides is 1. The fourth-order valence-electron chi connectivity index (χ4n) is 4.20. The lowest BCUT2D eigenvalue weighted by molar-refractivity contribution is -0.387. The molecule has 7 nitrogen and oxygen atoms in total. The summed E-state index contributed by atoms with van der Waals surface area (Å²) < 4.78 is 29.3. The lowest BCUT2D eigenvalue weighted by atomic mass is 9.74. The van der Waals surface area contributed by atoms with E-state index in [0.717, 1.165) is 16.5 Å². The molecule has 9 heteroatoms. The molecule has 0 radical (unpaired) electrons. The second-order valence-corrected chi connectivity index (χ2v) is 9.83. The van der Waals surface area contributed by atoms with Gasteiger partial charge in [-0.1, -0.05) is 53.2 Å². The predicted molar refractivity (Wildman–Crippen MR) is 120 cm³/mol. The van der Waals surface area contributed by atoms with E-state index in [4.69, 9.17) is 0 Å². The van der Waals surface area contributed by atoms with E-state index >= 15 is 0 Å². The predicted octanol–water partition coefficient (Wildman–Crippen LogP) is 4.07. The van der Waals surface area contributed by atoms with Crippen LogP contribution >= 0.6 is 15.9 Å². The Morgan fingerprint density at radius 3 is 2.47 bits per heavy atom. The van der Waals surface area contributed by atoms with Crippen LogP contribution in [0.25, 0.3) is 0 Å². The molecule has 1 aliphatic heterocycles. The smallest absolute Gasteiger partial charge is 0.289 e. The van der Waals surface area contributed by atoms with Crippen LogP contribution in [0.3, 0.4) is 0 Å². The van der Waals surface area contributed by atoms with Gasteiger partial charge in [0.1, 0.15) is 0 Å². The summed E-state index contributed by atoms with van der Waals surface area (Å²) in [4.78, 5) is 12.5. The van der Waals surface area contributed by atoms with Gasteiger partial charge in [0.15, 0.2) is 4.90 Å². The van der Waals surface area contributed by atoms with Crippen LogP contribution in [-0.2, 0) is 10.0 Å². The Balaban J connectivity index is 1.86. The summed E-state index contributed by atoms with van der Waals surface area (Å²) in [5, 5.41) is 11.2. The number of benzene rings is 2. The molecule has 0 amide bonds. The first-order chi connectivity index (χ1) is 14.3. The SMILES string of the molecule is C=CCN1[C@H](CC)C(c2ccc(Br)cc2)[C@@H]1CNS(=O)(=O)c1ccccc1[N+](=O)[O-]. The van der Waals surface area contributed by atoms with Crippen LogP contribution in [0.15, 0.2) is 70.6 Å². The van der Waals surface area contributed by atoms with Gasteiger partial charge in [0.05, 0.1) is 4.92 Å². The summed E-state index contributed by atoms with van der Waals surface area (Å²) in [6.45, 7) is 6.73. The minimum Gasteiger partial charge on any atom is -0.291 e. The van der Waals surface area contributed by atoms with Crippen molar-refractivity contribution in [3.8, 4) is 0 Å². The third-order valence-corrected chi connectivity index (χ3v) is 7.53. The molecule has 160 valence electrons. The van der Waals surface area contributed by atoms with Gasteiger partial charge in [-0.3, -0.25) is 15.0 Å². The Hall–Kier alpha value is -2.07. The highest BCUT2D eigenvalue weighted by atomic mass is 79.9. The molecule has 0 aromatic heterocycles. The van der Waals surface area contributed by atoms with E-state index in [0.29, 0.717) is 6.54 Å². The summed E-state index contributed by atoms with van der Waals surface area (Å²) in [7, 11) is -4.03. The standard InChI is InChI=1S/C21H24BrN3O4S/c1-3-13-24-17(4-2)21(15-9-11-16(22)12-10-15)19(24)14-23-30(28,29)20-8-6-5-7-18(20)25(26)27/h3,5-12,17,19,21,23H,1,4,13-14H2,2H3/t17-,19+,21?/m1/s1. The largest absolute Gasteiger partial charge is 0.291 e. The van der Waals surface area contributed by atoms with E-state index in [1.54, 1.807) is 0 Å². The van der Waals surface area contributed by atoms with Gasteiger partial charge in [0.25, 0.3) is 5.69 Å². The maximum Gasteiger partial charge on any atom is 0.289 e. The zero-order valence-electron chi connectivity index (χ0n) is 16.6. The van der Waals surface area contributed by atoms with Crippen LogP contribution in [0.2, 0.25) is 0 Å². The topological polar surface area (TPSA) is 92.6 Å². The molecule has 3 rings (SSSR count). The fourth-order valence-corrected chi connectivity index (χ4v) is 5.69. The number of likely N-dealkylation sites (tertiary alicyclic amines) is 1. The van der Waals surface area contributed by atoms with Crippen LogP contribution in [0.4, 0.5) is 5.69 Å². The van der Waals surface area contributed by atoms with E-state index in [1.807, 2.05) is 30.3 Å². The number of hydrogen-bond donors (Lipinski definition) is 1. The lowest BCUT2D eigenvalue weighted by Gasteiger charge is -2.55. The van der Waals surface area contributed by atoms with Crippen molar-refractivity contribution in [2.75, 3.05) is 13.1 Å². The first-order valence-electron chi connectivity index (χ1n) is 9.65. The zero-order chi connectivity index (χ0) is 21.9.